The third-order valence-corrected chi connectivity index (χ3v) is 11.0. The summed E-state index contributed by atoms with van der Waals surface area (Å²) >= 11 is 0. The lowest BCUT2D eigenvalue weighted by molar-refractivity contribution is -0.154. The Morgan fingerprint density at radius 1 is 0.539 bits per heavy atom. The molecule has 0 spiro atoms. The molecule has 0 aliphatic heterocycles. The number of ether oxygens (including phenoxy) is 6. The zero-order chi connectivity index (χ0) is 56.9. The number of esters is 5. The Bertz CT molecular complexity index is 1630. The fourth-order valence-electron chi connectivity index (χ4n) is 6.46. The lowest BCUT2D eigenvalue weighted by atomic mass is 10.1. The van der Waals surface area contributed by atoms with Crippen LogP contribution in [0.15, 0.2) is 37.4 Å². The summed E-state index contributed by atoms with van der Waals surface area (Å²) in [5.74, 6) is -1.87. The van der Waals surface area contributed by atoms with Crippen molar-refractivity contribution in [3.8, 4) is 0 Å². The first-order chi connectivity index (χ1) is 36.8. The lowest BCUT2D eigenvalue weighted by Crippen LogP contribution is -2.45. The number of alkyl carbamates (subject to hydrolysis) is 1. The van der Waals surface area contributed by atoms with Gasteiger partial charge in [-0.3, -0.25) is 38.4 Å². The van der Waals surface area contributed by atoms with Crippen LogP contribution >= 0.6 is 0 Å². The molecule has 7 N–H and O–H groups in total. The quantitative estimate of drug-likeness (QED) is 0.0183. The molecule has 0 aliphatic carbocycles. The first-order valence-corrected chi connectivity index (χ1v) is 27.7. The van der Waals surface area contributed by atoms with Crippen LogP contribution in [0.2, 0.25) is 0 Å². The Hall–Kier alpha value is -5.45. The van der Waals surface area contributed by atoms with E-state index in [4.69, 9.17) is 39.9 Å². The number of nitrogens with two attached hydrogens (primary N) is 2. The third-order valence-electron chi connectivity index (χ3n) is 11.0. The summed E-state index contributed by atoms with van der Waals surface area (Å²) < 4.78 is 33.0. The van der Waals surface area contributed by atoms with E-state index >= 15 is 0 Å². The first kappa shape index (κ1) is 72.6. The fraction of sp³-hybridized carbons (Fsp3) is 0.759. The van der Waals surface area contributed by atoms with Crippen LogP contribution in [0.5, 0.6) is 0 Å². The van der Waals surface area contributed by atoms with Crippen LogP contribution in [-0.4, -0.2) is 138 Å². The standard InChI is InChI=1S/C24H45N3O8.C15H28O5.C8H19N.C7H6N4O/c1-4-6-8-13-21(28)33-16-19(17-34-22(29)14-9-7-5-2)35-24(31)27-18-26-20(23(30)32-3)12-10-11-15-25;1-3-5-7-9-14(17)19-11-13(16)12-20-15(18)10-8-6-4-2;1-2-3-4-5-6-7-8-9;12-7(10-3-1-8-5-10)11-4-2-9-6-11/h19-20,26H,4-18,25H2,1-3H3,(H,27,31);13,16H,3-12H2,1-2H3;2-9H2,1H3;1-6H. The summed E-state index contributed by atoms with van der Waals surface area (Å²) in [6.45, 7) is 11.1. The summed E-state index contributed by atoms with van der Waals surface area (Å²) in [5.41, 5.74) is 10.8. The SMILES string of the molecule is CCCCCC(=O)OCC(COC(=O)CCCCC)OC(=O)NCNC(CCCCN)C(=O)OC.CCCCCC(=O)OCC(O)COC(=O)CCCCC.CCCCCCCCN.O=C(n1ccnc1)n1ccnc1. The normalized spacial score (nSPS) is 10.9. The number of aliphatic hydroxyl groups is 1. The van der Waals surface area contributed by atoms with Gasteiger partial charge in [-0.25, -0.2) is 19.6 Å². The molecule has 0 fully saturated rings. The topological polar surface area (TPSA) is 307 Å². The molecule has 0 bridgehead atoms. The predicted molar refractivity (Wildman–Crippen MR) is 290 cm³/mol. The van der Waals surface area contributed by atoms with Crippen LogP contribution in [0.25, 0.3) is 0 Å². The molecule has 1 amide bonds. The van der Waals surface area contributed by atoms with Gasteiger partial charge in [0.05, 0.1) is 13.8 Å². The largest absolute Gasteiger partial charge is 0.468 e. The van der Waals surface area contributed by atoms with E-state index < -0.39 is 42.3 Å². The van der Waals surface area contributed by atoms with Gasteiger partial charge in [0, 0.05) is 50.5 Å². The Morgan fingerprint density at radius 2 is 0.921 bits per heavy atom. The molecule has 0 saturated carbocycles. The van der Waals surface area contributed by atoms with E-state index in [0.717, 1.165) is 83.6 Å². The van der Waals surface area contributed by atoms with Crippen molar-refractivity contribution in [3.63, 3.8) is 0 Å². The number of hydrogen-bond acceptors (Lipinski definition) is 19. The molecule has 2 rings (SSSR count). The number of amides is 1. The second-order valence-electron chi connectivity index (χ2n) is 17.9. The molecule has 438 valence electrons. The molecule has 0 aromatic carbocycles. The van der Waals surface area contributed by atoms with Crippen LogP contribution in [0.4, 0.5) is 9.59 Å². The zero-order valence-electron chi connectivity index (χ0n) is 47.0. The van der Waals surface area contributed by atoms with E-state index in [2.05, 4.69) is 41.4 Å². The molecule has 2 heterocycles. The van der Waals surface area contributed by atoms with Crippen molar-refractivity contribution in [2.45, 2.75) is 213 Å². The number of nitrogens with zero attached hydrogens (tertiary/aromatic N) is 4. The van der Waals surface area contributed by atoms with Gasteiger partial charge < -0.3 is 50.3 Å². The van der Waals surface area contributed by atoms with Gasteiger partial charge in [-0.15, -0.1) is 0 Å². The first-order valence-electron chi connectivity index (χ1n) is 27.7. The van der Waals surface area contributed by atoms with Crippen LogP contribution in [-0.2, 0) is 52.4 Å². The lowest BCUT2D eigenvalue weighted by Gasteiger charge is -2.20. The van der Waals surface area contributed by atoms with Crippen molar-refractivity contribution in [1.82, 2.24) is 29.7 Å². The van der Waals surface area contributed by atoms with Gasteiger partial charge in [-0.05, 0) is 58.0 Å². The number of carbonyl (C=O) groups excluding carboxylic acids is 7. The maximum absolute atomic E-state index is 12.3. The average molecular weight is 1080 g/mol. The second kappa shape index (κ2) is 53.0. The highest BCUT2D eigenvalue weighted by Gasteiger charge is 2.22. The van der Waals surface area contributed by atoms with Crippen molar-refractivity contribution in [3.05, 3.63) is 37.4 Å². The molecule has 0 radical (unpaired) electrons. The minimum atomic E-state index is -0.957. The van der Waals surface area contributed by atoms with Gasteiger partial charge in [0.25, 0.3) is 0 Å². The van der Waals surface area contributed by atoms with Crippen molar-refractivity contribution in [2.24, 2.45) is 11.5 Å². The molecule has 0 saturated heterocycles. The average Bonchev–Trinajstić information content (AvgIpc) is 4.18. The highest BCUT2D eigenvalue weighted by molar-refractivity contribution is 5.78. The predicted octanol–water partition coefficient (Wildman–Crippen LogP) is 8.04. The van der Waals surface area contributed by atoms with Crippen molar-refractivity contribution in [1.29, 1.82) is 0 Å². The summed E-state index contributed by atoms with van der Waals surface area (Å²) in [6.07, 6.45) is 28.7. The second-order valence-corrected chi connectivity index (χ2v) is 17.9. The number of nitrogens with one attached hydrogen (secondary N) is 2. The van der Waals surface area contributed by atoms with Gasteiger partial charge in [0.1, 0.15) is 51.2 Å². The summed E-state index contributed by atoms with van der Waals surface area (Å²) in [4.78, 5) is 89.5. The summed E-state index contributed by atoms with van der Waals surface area (Å²) in [6, 6.07) is -0.791. The maximum atomic E-state index is 12.3. The van der Waals surface area contributed by atoms with E-state index in [1.165, 1.54) is 67.4 Å². The van der Waals surface area contributed by atoms with Gasteiger partial charge in [-0.1, -0.05) is 125 Å². The number of methoxy groups -OCH3 is 1. The summed E-state index contributed by atoms with van der Waals surface area (Å²) in [7, 11) is 1.29. The van der Waals surface area contributed by atoms with Crippen molar-refractivity contribution in [2.75, 3.05) is 53.3 Å². The number of hydrogen-bond donors (Lipinski definition) is 5. The number of imidazole rings is 2. The van der Waals surface area contributed by atoms with Crippen molar-refractivity contribution >= 4 is 42.0 Å². The van der Waals surface area contributed by atoms with Gasteiger partial charge in [0.15, 0.2) is 6.10 Å². The number of carbonyl (C=O) groups is 7. The highest BCUT2D eigenvalue weighted by Crippen LogP contribution is 2.08. The molecule has 0 aliphatic rings. The van der Waals surface area contributed by atoms with E-state index in [1.54, 1.807) is 24.8 Å². The maximum Gasteiger partial charge on any atom is 0.408 e. The number of unbranched alkanes of at least 4 members (excludes halogenated alkanes) is 14. The van der Waals surface area contributed by atoms with E-state index in [1.807, 2.05) is 13.8 Å². The Morgan fingerprint density at radius 3 is 1.30 bits per heavy atom. The van der Waals surface area contributed by atoms with Crippen molar-refractivity contribution < 1.29 is 67.1 Å². The molecule has 22 heteroatoms. The smallest absolute Gasteiger partial charge is 0.408 e. The van der Waals surface area contributed by atoms with E-state index in [9.17, 15) is 38.7 Å². The van der Waals surface area contributed by atoms with Crippen LogP contribution in [0.1, 0.15) is 195 Å². The van der Waals surface area contributed by atoms with Gasteiger partial charge in [-0.2, -0.15) is 0 Å². The number of aliphatic hydroxyl groups excluding tert-OH is 1. The monoisotopic (exact) mass is 1080 g/mol. The van der Waals surface area contributed by atoms with Gasteiger partial charge in [0.2, 0.25) is 0 Å². The third kappa shape index (κ3) is 44.8. The molecular weight excluding hydrogens is 985 g/mol. The molecular formula is C54H98N8O14. The minimum Gasteiger partial charge on any atom is -0.468 e. The molecule has 1 unspecified atom stereocenters. The van der Waals surface area contributed by atoms with Crippen LogP contribution in [0.3, 0.4) is 0 Å². The molecule has 76 heavy (non-hydrogen) atoms. The number of rotatable bonds is 39. The van der Waals surface area contributed by atoms with E-state index in [0.29, 0.717) is 38.6 Å². The van der Waals surface area contributed by atoms with Crippen LogP contribution in [0, 0.1) is 0 Å². The Kier molecular flexibility index (Phi) is 50.6. The Balaban J connectivity index is 0. The Labute approximate surface area is 453 Å². The molecule has 2 aromatic rings. The minimum absolute atomic E-state index is 0.0540. The zero-order valence-corrected chi connectivity index (χ0v) is 47.0. The fourth-order valence-corrected chi connectivity index (χ4v) is 6.46. The van der Waals surface area contributed by atoms with Crippen LogP contribution < -0.4 is 22.1 Å². The molecule has 1 atom stereocenters. The highest BCUT2D eigenvalue weighted by atomic mass is 16.6. The summed E-state index contributed by atoms with van der Waals surface area (Å²) in [5, 5.41) is 14.9. The van der Waals surface area contributed by atoms with E-state index in [-0.39, 0.29) is 63.9 Å². The molecule has 2 aromatic heterocycles. The molecule has 22 nitrogen and oxygen atoms in total. The van der Waals surface area contributed by atoms with Gasteiger partial charge >= 0.3 is 42.0 Å². The number of aromatic nitrogens is 4.